The van der Waals surface area contributed by atoms with E-state index in [0.29, 0.717) is 24.6 Å². The van der Waals surface area contributed by atoms with E-state index in [-0.39, 0.29) is 12.5 Å². The molecular weight excluding hydrogens is 442 g/mol. The monoisotopic (exact) mass is 487 g/mol. The fraction of sp³-hybridized carbons (Fsp3) is 0.679. The molecule has 0 unspecified atom stereocenters. The Morgan fingerprint density at radius 2 is 1.49 bits per heavy atom. The van der Waals surface area contributed by atoms with E-state index in [9.17, 15) is 19.5 Å². The maximum Gasteiger partial charge on any atom is 0.394 e. The number of unbranched alkanes of at least 4 members (excludes halogenated alkanes) is 9. The van der Waals surface area contributed by atoms with Crippen molar-refractivity contribution in [2.45, 2.75) is 90.5 Å². The van der Waals surface area contributed by atoms with Gasteiger partial charge >= 0.3 is 11.9 Å². The molecule has 7 nitrogen and oxygen atoms in total. The van der Waals surface area contributed by atoms with Gasteiger partial charge < -0.3 is 20.6 Å². The molecule has 0 atom stereocenters. The zero-order valence-electron chi connectivity index (χ0n) is 21.5. The van der Waals surface area contributed by atoms with E-state index in [0.717, 1.165) is 44.3 Å². The fourth-order valence-electron chi connectivity index (χ4n) is 4.63. The van der Waals surface area contributed by atoms with Crippen LogP contribution in [-0.2, 0) is 16.1 Å². The summed E-state index contributed by atoms with van der Waals surface area (Å²) < 4.78 is 0. The minimum Gasteiger partial charge on any atom is -0.474 e. The first-order chi connectivity index (χ1) is 17.0. The first-order valence-corrected chi connectivity index (χ1v) is 13.6. The van der Waals surface area contributed by atoms with Gasteiger partial charge in [0.2, 0.25) is 0 Å². The number of rotatable bonds is 16. The highest BCUT2D eigenvalue weighted by Gasteiger charge is 2.25. The average Bonchev–Trinajstić information content (AvgIpc) is 2.87. The minimum absolute atomic E-state index is 0.0966. The van der Waals surface area contributed by atoms with E-state index < -0.39 is 11.9 Å². The lowest BCUT2D eigenvalue weighted by Crippen LogP contribution is -2.41. The largest absolute Gasteiger partial charge is 0.474 e. The van der Waals surface area contributed by atoms with Gasteiger partial charge in [0.25, 0.3) is 5.91 Å². The lowest BCUT2D eigenvalue weighted by molar-refractivity contribution is -0.156. The van der Waals surface area contributed by atoms with Gasteiger partial charge in [-0.25, -0.2) is 4.79 Å². The summed E-state index contributed by atoms with van der Waals surface area (Å²) in [5.41, 5.74) is 1.40. The molecule has 1 aliphatic rings. The number of carboxylic acid groups (broad SMARTS) is 1. The molecular formula is C28H45N3O4. The van der Waals surface area contributed by atoms with Gasteiger partial charge in [0.15, 0.2) is 0 Å². The number of piperidine rings is 1. The minimum atomic E-state index is -1.43. The number of carboxylic acids is 1. The molecule has 0 radical (unpaired) electrons. The molecule has 1 heterocycles. The van der Waals surface area contributed by atoms with Crippen molar-refractivity contribution in [2.24, 2.45) is 5.92 Å². The summed E-state index contributed by atoms with van der Waals surface area (Å²) in [6.45, 7) is 5.37. The summed E-state index contributed by atoms with van der Waals surface area (Å²) in [6, 6.07) is 7.11. The van der Waals surface area contributed by atoms with Crippen molar-refractivity contribution < 1.29 is 19.5 Å². The number of hydrogen-bond acceptors (Lipinski definition) is 4. The third kappa shape index (κ3) is 11.7. The van der Waals surface area contributed by atoms with Crippen LogP contribution in [0.5, 0.6) is 0 Å². The second-order valence-corrected chi connectivity index (χ2v) is 9.82. The van der Waals surface area contributed by atoms with Crippen LogP contribution in [0.3, 0.4) is 0 Å². The Morgan fingerprint density at radius 3 is 2.06 bits per heavy atom. The molecule has 3 N–H and O–H groups in total. The standard InChI is InChI=1S/C28H45N3O4/c1-2-3-4-5-6-7-8-9-10-11-18-30-26(32)25-14-12-23(13-15-25)21-31(27(33)28(34)35)22-24-16-19-29-20-17-24/h12-15,24,29H,2-11,16-22H2,1H3,(H,30,32)(H,34,35). The van der Waals surface area contributed by atoms with Crippen LogP contribution in [0.1, 0.15) is 99.9 Å². The van der Waals surface area contributed by atoms with Crippen LogP contribution in [0.4, 0.5) is 0 Å². The molecule has 0 aromatic heterocycles. The van der Waals surface area contributed by atoms with Crippen molar-refractivity contribution in [3.05, 3.63) is 35.4 Å². The van der Waals surface area contributed by atoms with Gasteiger partial charge in [-0.1, -0.05) is 76.8 Å². The predicted octanol–water partition coefficient (Wildman–Crippen LogP) is 4.75. The SMILES string of the molecule is CCCCCCCCCCCCNC(=O)c1ccc(CN(CC2CCNCC2)C(=O)C(=O)O)cc1. The molecule has 1 aromatic rings. The first kappa shape index (κ1) is 28.8. The Labute approximate surface area is 211 Å². The summed E-state index contributed by atoms with van der Waals surface area (Å²) in [6.07, 6.45) is 14.5. The highest BCUT2D eigenvalue weighted by Crippen LogP contribution is 2.16. The van der Waals surface area contributed by atoms with Gasteiger partial charge in [0.1, 0.15) is 0 Å². The van der Waals surface area contributed by atoms with E-state index in [2.05, 4.69) is 17.6 Å². The molecule has 1 aromatic carbocycles. The fourth-order valence-corrected chi connectivity index (χ4v) is 4.63. The number of nitrogens with zero attached hydrogens (tertiary/aromatic N) is 1. The Kier molecular flexibility index (Phi) is 14.1. The van der Waals surface area contributed by atoms with Crippen molar-refractivity contribution in [3.8, 4) is 0 Å². The quantitative estimate of drug-likeness (QED) is 0.231. The summed E-state index contributed by atoms with van der Waals surface area (Å²) in [7, 11) is 0. The Bertz CT molecular complexity index is 760. The molecule has 2 rings (SSSR count). The van der Waals surface area contributed by atoms with Crippen LogP contribution < -0.4 is 10.6 Å². The molecule has 7 heteroatoms. The lowest BCUT2D eigenvalue weighted by Gasteiger charge is -2.29. The van der Waals surface area contributed by atoms with Crippen LogP contribution >= 0.6 is 0 Å². The van der Waals surface area contributed by atoms with Crippen molar-refractivity contribution >= 4 is 17.8 Å². The number of carbonyl (C=O) groups is 3. The Balaban J connectivity index is 1.69. The van der Waals surface area contributed by atoms with E-state index in [4.69, 9.17) is 0 Å². The number of aliphatic carboxylic acids is 1. The van der Waals surface area contributed by atoms with Crippen LogP contribution in [0.15, 0.2) is 24.3 Å². The number of benzene rings is 1. The zero-order chi connectivity index (χ0) is 25.3. The maximum absolute atomic E-state index is 12.4. The normalized spacial score (nSPS) is 14.0. The zero-order valence-corrected chi connectivity index (χ0v) is 21.5. The van der Waals surface area contributed by atoms with Gasteiger partial charge in [0, 0.05) is 25.2 Å². The summed E-state index contributed by atoms with van der Waals surface area (Å²) in [4.78, 5) is 37.4. The van der Waals surface area contributed by atoms with Crippen LogP contribution in [0.2, 0.25) is 0 Å². The van der Waals surface area contributed by atoms with Gasteiger partial charge in [-0.05, 0) is 56.0 Å². The number of nitrogens with one attached hydrogen (secondary N) is 2. The van der Waals surface area contributed by atoms with Gasteiger partial charge in [-0.15, -0.1) is 0 Å². The van der Waals surface area contributed by atoms with Crippen LogP contribution in [0, 0.1) is 5.92 Å². The topological polar surface area (TPSA) is 98.7 Å². The molecule has 0 spiro atoms. The Hall–Kier alpha value is -2.41. The average molecular weight is 488 g/mol. The summed E-state index contributed by atoms with van der Waals surface area (Å²) >= 11 is 0. The van der Waals surface area contributed by atoms with E-state index in [1.54, 1.807) is 24.3 Å². The number of amides is 2. The van der Waals surface area contributed by atoms with Crippen molar-refractivity contribution in [3.63, 3.8) is 0 Å². The highest BCUT2D eigenvalue weighted by atomic mass is 16.4. The number of hydrogen-bond donors (Lipinski definition) is 3. The predicted molar refractivity (Wildman–Crippen MR) is 139 cm³/mol. The molecule has 2 amide bonds. The van der Waals surface area contributed by atoms with Crippen molar-refractivity contribution in [1.29, 1.82) is 0 Å². The lowest BCUT2D eigenvalue weighted by atomic mass is 9.97. The molecule has 1 aliphatic heterocycles. The molecule has 35 heavy (non-hydrogen) atoms. The smallest absolute Gasteiger partial charge is 0.394 e. The van der Waals surface area contributed by atoms with Crippen LogP contribution in [0.25, 0.3) is 0 Å². The highest BCUT2D eigenvalue weighted by molar-refractivity contribution is 6.31. The van der Waals surface area contributed by atoms with Crippen LogP contribution in [-0.4, -0.2) is 54.0 Å². The molecule has 0 bridgehead atoms. The number of carbonyl (C=O) groups excluding carboxylic acids is 2. The second kappa shape index (κ2) is 17.1. The Morgan fingerprint density at radius 1 is 0.914 bits per heavy atom. The maximum atomic E-state index is 12.4. The van der Waals surface area contributed by atoms with E-state index >= 15 is 0 Å². The molecule has 1 saturated heterocycles. The molecule has 196 valence electrons. The second-order valence-electron chi connectivity index (χ2n) is 9.82. The van der Waals surface area contributed by atoms with E-state index in [1.807, 2.05) is 0 Å². The summed E-state index contributed by atoms with van der Waals surface area (Å²) in [5.74, 6) is -2.10. The van der Waals surface area contributed by atoms with Gasteiger partial charge in [0.05, 0.1) is 0 Å². The van der Waals surface area contributed by atoms with Gasteiger partial charge in [-0.3, -0.25) is 9.59 Å². The molecule has 0 saturated carbocycles. The van der Waals surface area contributed by atoms with Crippen molar-refractivity contribution in [2.75, 3.05) is 26.2 Å². The summed E-state index contributed by atoms with van der Waals surface area (Å²) in [5, 5.41) is 15.5. The third-order valence-corrected chi connectivity index (χ3v) is 6.81. The van der Waals surface area contributed by atoms with E-state index in [1.165, 1.54) is 56.3 Å². The first-order valence-electron chi connectivity index (χ1n) is 13.6. The third-order valence-electron chi connectivity index (χ3n) is 6.81. The van der Waals surface area contributed by atoms with Gasteiger partial charge in [-0.2, -0.15) is 0 Å². The molecule has 1 fully saturated rings. The van der Waals surface area contributed by atoms with Crippen molar-refractivity contribution in [1.82, 2.24) is 15.5 Å². The molecule has 0 aliphatic carbocycles.